The van der Waals surface area contributed by atoms with Crippen LogP contribution in [0.2, 0.25) is 0 Å². The fourth-order valence-corrected chi connectivity index (χ4v) is 11.0. The van der Waals surface area contributed by atoms with Crippen LogP contribution in [0.15, 0.2) is 280 Å². The molecular weight excluding hydrogens is 927 g/mol. The third-order valence-electron chi connectivity index (χ3n) is 14.8. The molecular formula is C71H47N3O2. The summed E-state index contributed by atoms with van der Waals surface area (Å²) in [7, 11) is 0. The van der Waals surface area contributed by atoms with Crippen LogP contribution in [0.3, 0.4) is 0 Å². The Morgan fingerprint density at radius 1 is 0.342 bits per heavy atom. The van der Waals surface area contributed by atoms with Crippen molar-refractivity contribution in [2.24, 2.45) is 9.98 Å². The molecule has 0 bridgehead atoms. The number of fused-ring (bicyclic) bond motifs is 9. The number of hydrogen-bond acceptors (Lipinski definition) is 3. The second-order valence-corrected chi connectivity index (χ2v) is 19.4. The number of rotatable bonds is 9. The Morgan fingerprint density at radius 3 is 1.26 bits per heavy atom. The van der Waals surface area contributed by atoms with Crippen LogP contribution < -0.4 is 0 Å². The van der Waals surface area contributed by atoms with Crippen molar-refractivity contribution in [1.29, 1.82) is 0 Å². The van der Waals surface area contributed by atoms with Gasteiger partial charge in [-0.25, -0.2) is 9.98 Å². The van der Waals surface area contributed by atoms with Crippen molar-refractivity contribution < 1.29 is 8.83 Å². The van der Waals surface area contributed by atoms with Gasteiger partial charge in [-0.3, -0.25) is 0 Å². The molecule has 0 spiro atoms. The Bertz CT molecular complexity index is 4480. The van der Waals surface area contributed by atoms with Gasteiger partial charge in [-0.05, 0) is 119 Å². The van der Waals surface area contributed by atoms with Gasteiger partial charge in [0.05, 0.1) is 22.4 Å². The molecule has 358 valence electrons. The van der Waals surface area contributed by atoms with Crippen LogP contribution in [0.5, 0.6) is 0 Å². The SMILES string of the molecule is C=C(N=C(N=C(C)c1ccc2c(c1)oc1ccccc12)c1cc(-c2ccccc2)c(-n2c3ccc(-c4ccccc4)cc3c3cc(-c4ccccc4)ccc32)c(-c2ccccc2)c1)c1ccc2c(c1)oc1ccccc12. The van der Waals surface area contributed by atoms with Crippen LogP contribution in [-0.4, -0.2) is 16.1 Å². The van der Waals surface area contributed by atoms with Crippen molar-refractivity contribution in [2.75, 3.05) is 0 Å². The predicted octanol–water partition coefficient (Wildman–Crippen LogP) is 19.2. The molecule has 0 saturated heterocycles. The number of nitrogens with zero attached hydrogens (tertiary/aromatic N) is 3. The lowest BCUT2D eigenvalue weighted by atomic mass is 9.92. The van der Waals surface area contributed by atoms with Gasteiger partial charge in [0.2, 0.25) is 0 Å². The van der Waals surface area contributed by atoms with Crippen molar-refractivity contribution in [1.82, 2.24) is 4.57 Å². The number of para-hydroxylation sites is 2. The topological polar surface area (TPSA) is 55.9 Å². The molecule has 0 radical (unpaired) electrons. The Hall–Kier alpha value is -10.1. The van der Waals surface area contributed by atoms with Crippen LogP contribution in [-0.2, 0) is 0 Å². The van der Waals surface area contributed by atoms with Gasteiger partial charge >= 0.3 is 0 Å². The zero-order chi connectivity index (χ0) is 50.7. The molecule has 0 fully saturated rings. The standard InChI is InChI=1S/C71H47N3O2/c1-45(51-31-35-58-56-27-15-17-29-66(56)75-68(58)43-51)72-71(73-46(2)52-32-36-59-57-28-16-18-30-67(57)76-69(59)44-52)55-41-60(49-23-11-5-12-24-49)70(61(42-55)50-25-13-6-14-26-50)74-64-37-33-53(47-19-7-3-8-20-47)39-62(64)63-40-54(34-38-65(63)74)48-21-9-4-10-22-48/h3-44H,1H2,2H3. The molecule has 5 heteroatoms. The first kappa shape index (κ1) is 44.6. The summed E-state index contributed by atoms with van der Waals surface area (Å²) in [6.45, 7) is 6.66. The lowest BCUT2D eigenvalue weighted by Crippen LogP contribution is -2.08. The number of amidine groups is 1. The van der Waals surface area contributed by atoms with Gasteiger partial charge < -0.3 is 13.4 Å². The Kier molecular flexibility index (Phi) is 10.8. The summed E-state index contributed by atoms with van der Waals surface area (Å²) in [5, 5.41) is 6.58. The molecule has 0 aliphatic rings. The zero-order valence-corrected chi connectivity index (χ0v) is 41.6. The second-order valence-electron chi connectivity index (χ2n) is 19.4. The van der Waals surface area contributed by atoms with Gasteiger partial charge in [0.1, 0.15) is 22.3 Å². The van der Waals surface area contributed by atoms with E-state index in [9.17, 15) is 0 Å². The number of hydrogen-bond donors (Lipinski definition) is 0. The van der Waals surface area contributed by atoms with Gasteiger partial charge in [0, 0.05) is 60.3 Å². The zero-order valence-electron chi connectivity index (χ0n) is 41.6. The van der Waals surface area contributed by atoms with E-state index in [1.54, 1.807) is 0 Å². The first-order valence-electron chi connectivity index (χ1n) is 25.6. The molecule has 0 aliphatic carbocycles. The molecule has 76 heavy (non-hydrogen) atoms. The largest absolute Gasteiger partial charge is 0.456 e. The quantitative estimate of drug-likeness (QED) is 0.107. The molecule has 0 amide bonds. The molecule has 3 aromatic heterocycles. The van der Waals surface area contributed by atoms with E-state index in [0.29, 0.717) is 11.5 Å². The fraction of sp³-hybridized carbons (Fsp3) is 0.0141. The summed E-state index contributed by atoms with van der Waals surface area (Å²) in [4.78, 5) is 11.0. The number of benzene rings is 11. The van der Waals surface area contributed by atoms with Gasteiger partial charge in [0.25, 0.3) is 0 Å². The monoisotopic (exact) mass is 973 g/mol. The number of furan rings is 2. The van der Waals surface area contributed by atoms with Gasteiger partial charge in [-0.1, -0.05) is 189 Å². The van der Waals surface area contributed by atoms with Gasteiger partial charge in [-0.2, -0.15) is 0 Å². The molecule has 14 rings (SSSR count). The number of aromatic nitrogens is 1. The highest BCUT2D eigenvalue weighted by Crippen LogP contribution is 2.44. The summed E-state index contributed by atoms with van der Waals surface area (Å²) in [6, 6.07) is 89.8. The molecule has 0 aliphatic heterocycles. The van der Waals surface area contributed by atoms with Crippen LogP contribution in [0.1, 0.15) is 23.6 Å². The Labute approximate surface area is 439 Å². The van der Waals surface area contributed by atoms with E-state index in [4.69, 9.17) is 18.8 Å². The molecule has 0 N–H and O–H groups in total. The molecule has 3 heterocycles. The van der Waals surface area contributed by atoms with Crippen molar-refractivity contribution in [3.05, 3.63) is 278 Å². The van der Waals surface area contributed by atoms with Gasteiger partial charge in [-0.15, -0.1) is 0 Å². The highest BCUT2D eigenvalue weighted by atomic mass is 16.3. The summed E-state index contributed by atoms with van der Waals surface area (Å²) in [5.74, 6) is 0.514. The minimum absolute atomic E-state index is 0.514. The maximum atomic E-state index is 6.40. The van der Waals surface area contributed by atoms with Crippen LogP contribution >= 0.6 is 0 Å². The molecule has 0 atom stereocenters. The second kappa shape index (κ2) is 18.4. The highest BCUT2D eigenvalue weighted by Gasteiger charge is 2.24. The van der Waals surface area contributed by atoms with Crippen molar-refractivity contribution in [3.63, 3.8) is 0 Å². The first-order valence-corrected chi connectivity index (χ1v) is 25.6. The summed E-state index contributed by atoms with van der Waals surface area (Å²) < 4.78 is 15.2. The third kappa shape index (κ3) is 7.81. The lowest BCUT2D eigenvalue weighted by molar-refractivity contribution is 0.668. The normalized spacial score (nSPS) is 12.2. The predicted molar refractivity (Wildman–Crippen MR) is 318 cm³/mol. The summed E-state index contributed by atoms with van der Waals surface area (Å²) in [6.07, 6.45) is 0. The lowest BCUT2D eigenvalue weighted by Gasteiger charge is -2.21. The van der Waals surface area contributed by atoms with E-state index in [0.717, 1.165) is 127 Å². The van der Waals surface area contributed by atoms with Gasteiger partial charge in [0.15, 0.2) is 5.84 Å². The molecule has 0 saturated carbocycles. The van der Waals surface area contributed by atoms with E-state index in [1.807, 2.05) is 49.4 Å². The average Bonchev–Trinajstić information content (AvgIpc) is 4.27. The molecule has 14 aromatic rings. The third-order valence-corrected chi connectivity index (χ3v) is 14.8. The van der Waals surface area contributed by atoms with E-state index >= 15 is 0 Å². The fourth-order valence-electron chi connectivity index (χ4n) is 11.0. The van der Waals surface area contributed by atoms with E-state index in [-0.39, 0.29) is 0 Å². The van der Waals surface area contributed by atoms with Crippen molar-refractivity contribution in [2.45, 2.75) is 6.92 Å². The number of aliphatic imine (C=N–C) groups is 2. The molecule has 5 nitrogen and oxygen atoms in total. The van der Waals surface area contributed by atoms with E-state index in [2.05, 4.69) is 223 Å². The van der Waals surface area contributed by atoms with Crippen LogP contribution in [0.4, 0.5) is 0 Å². The maximum absolute atomic E-state index is 6.40. The minimum atomic E-state index is 0.514. The first-order chi connectivity index (χ1) is 37.5. The highest BCUT2D eigenvalue weighted by molar-refractivity contribution is 6.17. The smallest absolute Gasteiger partial charge is 0.160 e. The van der Waals surface area contributed by atoms with Crippen molar-refractivity contribution in [3.8, 4) is 50.2 Å². The maximum Gasteiger partial charge on any atom is 0.160 e. The van der Waals surface area contributed by atoms with Crippen LogP contribution in [0, 0.1) is 0 Å². The van der Waals surface area contributed by atoms with Crippen LogP contribution in [0.25, 0.3) is 122 Å². The molecule has 11 aromatic carbocycles. The van der Waals surface area contributed by atoms with E-state index < -0.39 is 0 Å². The minimum Gasteiger partial charge on any atom is -0.456 e. The van der Waals surface area contributed by atoms with E-state index in [1.165, 1.54) is 11.1 Å². The van der Waals surface area contributed by atoms with Crippen molar-refractivity contribution >= 4 is 82.9 Å². The summed E-state index contributed by atoms with van der Waals surface area (Å²) in [5.41, 5.74) is 19.2. The summed E-state index contributed by atoms with van der Waals surface area (Å²) >= 11 is 0. The molecule has 0 unspecified atom stereocenters. The Morgan fingerprint density at radius 2 is 0.763 bits per heavy atom. The average molecular weight is 974 g/mol. The Balaban J connectivity index is 1.03.